The van der Waals surface area contributed by atoms with Gasteiger partial charge in [0.25, 0.3) is 0 Å². The van der Waals surface area contributed by atoms with Crippen molar-refractivity contribution in [2.75, 3.05) is 0 Å². The summed E-state index contributed by atoms with van der Waals surface area (Å²) in [6.07, 6.45) is 7.14. The first-order valence-corrected chi connectivity index (χ1v) is 3.69. The van der Waals surface area contributed by atoms with Crippen molar-refractivity contribution >= 4 is 7.85 Å². The molecule has 1 heteroatoms. The molecule has 0 spiro atoms. The largest absolute Gasteiger partial charge is 0.125 e. The van der Waals surface area contributed by atoms with E-state index in [9.17, 15) is 0 Å². The maximum Gasteiger partial charge on any atom is 0.106 e. The Morgan fingerprint density at radius 2 is 2.11 bits per heavy atom. The zero-order valence-corrected chi connectivity index (χ0v) is 6.48. The third-order valence-electron chi connectivity index (χ3n) is 1.27. The molecule has 9 heavy (non-hydrogen) atoms. The van der Waals surface area contributed by atoms with E-state index in [4.69, 9.17) is 7.85 Å². The Hall–Kier alpha value is -0.195. The summed E-state index contributed by atoms with van der Waals surface area (Å²) in [6.45, 7) is 4.14. The predicted octanol–water partition coefficient (Wildman–Crippen LogP) is 2.64. The van der Waals surface area contributed by atoms with Crippen LogP contribution in [0.4, 0.5) is 0 Å². The first-order chi connectivity index (χ1) is 4.27. The number of unbranched alkanes of at least 4 members (excludes halogenated alkanes) is 3. The van der Waals surface area contributed by atoms with Gasteiger partial charge in [-0.25, -0.2) is 0 Å². The summed E-state index contributed by atoms with van der Waals surface area (Å²) in [4.78, 5) is 0. The molecular weight excluding hydrogens is 107 g/mol. The van der Waals surface area contributed by atoms with Gasteiger partial charge in [-0.1, -0.05) is 32.8 Å². The van der Waals surface area contributed by atoms with E-state index < -0.39 is 0 Å². The Bertz CT molecular complexity index is 80.6. The SMILES string of the molecule is [B]/C(C)=C\CCCCC. The Labute approximate surface area is 59.8 Å². The average molecular weight is 122 g/mol. The van der Waals surface area contributed by atoms with E-state index >= 15 is 0 Å². The molecule has 0 atom stereocenters. The molecular formula is C8H15B. The number of hydrogen-bond acceptors (Lipinski definition) is 0. The second kappa shape index (κ2) is 5.93. The Balaban J connectivity index is 3.00. The van der Waals surface area contributed by atoms with Crippen LogP contribution in [0.25, 0.3) is 0 Å². The minimum Gasteiger partial charge on any atom is -0.125 e. The van der Waals surface area contributed by atoms with Crippen LogP contribution < -0.4 is 0 Å². The summed E-state index contributed by atoms with van der Waals surface area (Å²) >= 11 is 0. The summed E-state index contributed by atoms with van der Waals surface area (Å²) in [5.41, 5.74) is 0.950. The zero-order chi connectivity index (χ0) is 7.11. The highest BCUT2D eigenvalue weighted by Gasteiger charge is 1.81. The van der Waals surface area contributed by atoms with Crippen molar-refractivity contribution in [1.29, 1.82) is 0 Å². The Kier molecular flexibility index (Phi) is 5.80. The monoisotopic (exact) mass is 122 g/mol. The van der Waals surface area contributed by atoms with Crippen LogP contribution in [0, 0.1) is 0 Å². The fraction of sp³-hybridized carbons (Fsp3) is 0.750. The zero-order valence-electron chi connectivity index (χ0n) is 6.48. The van der Waals surface area contributed by atoms with E-state index in [1.54, 1.807) is 0 Å². The quantitative estimate of drug-likeness (QED) is 0.397. The first-order valence-electron chi connectivity index (χ1n) is 3.69. The molecule has 0 saturated heterocycles. The molecule has 0 aromatic heterocycles. The van der Waals surface area contributed by atoms with Crippen LogP contribution in [0.2, 0.25) is 0 Å². The van der Waals surface area contributed by atoms with Crippen molar-refractivity contribution in [2.45, 2.75) is 39.5 Å². The van der Waals surface area contributed by atoms with E-state index in [1.807, 2.05) is 6.92 Å². The summed E-state index contributed by atoms with van der Waals surface area (Å²) in [7, 11) is 5.44. The van der Waals surface area contributed by atoms with Crippen LogP contribution in [0.15, 0.2) is 11.5 Å². The molecule has 0 N–H and O–H groups in total. The van der Waals surface area contributed by atoms with Crippen molar-refractivity contribution in [3.63, 3.8) is 0 Å². The molecule has 0 aromatic rings. The highest BCUT2D eigenvalue weighted by molar-refractivity contribution is 6.21. The molecule has 0 unspecified atom stereocenters. The summed E-state index contributed by atoms with van der Waals surface area (Å²) in [5, 5.41) is 0. The van der Waals surface area contributed by atoms with Crippen LogP contribution in [-0.2, 0) is 0 Å². The van der Waals surface area contributed by atoms with Gasteiger partial charge in [-0.2, -0.15) is 0 Å². The molecule has 0 aliphatic heterocycles. The molecule has 0 bridgehead atoms. The second-order valence-electron chi connectivity index (χ2n) is 2.44. The summed E-state index contributed by atoms with van der Waals surface area (Å²) in [5.74, 6) is 0. The topological polar surface area (TPSA) is 0 Å². The number of allylic oxidation sites excluding steroid dienone is 2. The predicted molar refractivity (Wildman–Crippen MR) is 43.7 cm³/mol. The lowest BCUT2D eigenvalue weighted by Crippen LogP contribution is -1.74. The van der Waals surface area contributed by atoms with Crippen molar-refractivity contribution in [3.8, 4) is 0 Å². The van der Waals surface area contributed by atoms with Gasteiger partial charge in [-0.3, -0.25) is 0 Å². The van der Waals surface area contributed by atoms with Crippen molar-refractivity contribution in [3.05, 3.63) is 11.5 Å². The lowest BCUT2D eigenvalue weighted by molar-refractivity contribution is 0.728. The first kappa shape index (κ1) is 8.80. The molecule has 0 aliphatic rings. The minimum absolute atomic E-state index is 0.950. The van der Waals surface area contributed by atoms with E-state index in [0.29, 0.717) is 0 Å². The van der Waals surface area contributed by atoms with Crippen molar-refractivity contribution in [2.24, 2.45) is 0 Å². The lowest BCUT2D eigenvalue weighted by atomic mass is 9.96. The van der Waals surface area contributed by atoms with Gasteiger partial charge in [-0.15, -0.1) is 5.47 Å². The van der Waals surface area contributed by atoms with E-state index in [-0.39, 0.29) is 0 Å². The molecule has 0 aliphatic carbocycles. The minimum atomic E-state index is 0.950. The Morgan fingerprint density at radius 1 is 1.44 bits per heavy atom. The molecule has 0 nitrogen and oxygen atoms in total. The van der Waals surface area contributed by atoms with Crippen LogP contribution in [0.3, 0.4) is 0 Å². The molecule has 0 amide bonds. The van der Waals surface area contributed by atoms with Crippen LogP contribution >= 0.6 is 0 Å². The lowest BCUT2D eigenvalue weighted by Gasteiger charge is -1.92. The third kappa shape index (κ3) is 7.80. The van der Waals surface area contributed by atoms with Gasteiger partial charge in [0.1, 0.15) is 7.85 Å². The van der Waals surface area contributed by atoms with E-state index in [0.717, 1.165) is 11.9 Å². The fourth-order valence-electron chi connectivity index (χ4n) is 0.724. The van der Waals surface area contributed by atoms with Crippen LogP contribution in [0.1, 0.15) is 39.5 Å². The van der Waals surface area contributed by atoms with E-state index in [1.165, 1.54) is 19.3 Å². The van der Waals surface area contributed by atoms with Gasteiger partial charge in [0.2, 0.25) is 0 Å². The fourth-order valence-corrected chi connectivity index (χ4v) is 0.724. The van der Waals surface area contributed by atoms with Gasteiger partial charge < -0.3 is 0 Å². The van der Waals surface area contributed by atoms with Crippen molar-refractivity contribution in [1.82, 2.24) is 0 Å². The molecule has 0 rings (SSSR count). The standard InChI is InChI=1S/C8H15B/c1-3-4-5-6-7-8(2)9/h7H,3-6H2,1-2H3/b8-7-. The molecule has 0 heterocycles. The maximum absolute atomic E-state index is 5.44. The molecule has 0 fully saturated rings. The van der Waals surface area contributed by atoms with Gasteiger partial charge in [0.15, 0.2) is 0 Å². The molecule has 0 saturated carbocycles. The van der Waals surface area contributed by atoms with Gasteiger partial charge >= 0.3 is 0 Å². The normalized spacial score (nSPS) is 12.0. The van der Waals surface area contributed by atoms with Crippen LogP contribution in [0.5, 0.6) is 0 Å². The van der Waals surface area contributed by atoms with E-state index in [2.05, 4.69) is 13.0 Å². The molecule has 2 radical (unpaired) electrons. The highest BCUT2D eigenvalue weighted by Crippen LogP contribution is 2.00. The van der Waals surface area contributed by atoms with Gasteiger partial charge in [-0.05, 0) is 12.8 Å². The van der Waals surface area contributed by atoms with Crippen molar-refractivity contribution < 1.29 is 0 Å². The highest BCUT2D eigenvalue weighted by atomic mass is 13.9. The summed E-state index contributed by atoms with van der Waals surface area (Å²) < 4.78 is 0. The van der Waals surface area contributed by atoms with Gasteiger partial charge in [0, 0.05) is 0 Å². The van der Waals surface area contributed by atoms with Crippen LogP contribution in [-0.4, -0.2) is 7.85 Å². The smallest absolute Gasteiger partial charge is 0.106 e. The molecule has 0 aromatic carbocycles. The molecule has 50 valence electrons. The number of hydrogen-bond donors (Lipinski definition) is 0. The second-order valence-corrected chi connectivity index (χ2v) is 2.44. The summed E-state index contributed by atoms with van der Waals surface area (Å²) in [6, 6.07) is 0. The third-order valence-corrected chi connectivity index (χ3v) is 1.27. The number of rotatable bonds is 4. The van der Waals surface area contributed by atoms with Gasteiger partial charge in [0.05, 0.1) is 0 Å². The Morgan fingerprint density at radius 3 is 2.56 bits per heavy atom. The maximum atomic E-state index is 5.44. The average Bonchev–Trinajstić information content (AvgIpc) is 1.80.